The summed E-state index contributed by atoms with van der Waals surface area (Å²) in [6.07, 6.45) is 0. The molecule has 0 unspecified atom stereocenters. The van der Waals surface area contributed by atoms with Crippen molar-refractivity contribution in [1.82, 2.24) is 4.72 Å². The second kappa shape index (κ2) is 8.00. The van der Waals surface area contributed by atoms with Crippen molar-refractivity contribution in [2.45, 2.75) is 11.8 Å². The molecule has 2 aromatic carbocycles. The number of methoxy groups -OCH3 is 2. The predicted octanol–water partition coefficient (Wildman–Crippen LogP) is 2.25. The van der Waals surface area contributed by atoms with Gasteiger partial charge in [0.2, 0.25) is 10.0 Å². The Hall–Kier alpha value is -2.58. The summed E-state index contributed by atoms with van der Waals surface area (Å²) in [5, 5.41) is 2.70. The number of amides is 1. The molecule has 0 saturated heterocycles. The number of hydrogen-bond donors (Lipinski definition) is 2. The third-order valence-electron chi connectivity index (χ3n) is 3.39. The summed E-state index contributed by atoms with van der Waals surface area (Å²) < 4.78 is 37.0. The van der Waals surface area contributed by atoms with Crippen LogP contribution in [0.25, 0.3) is 0 Å². The zero-order valence-electron chi connectivity index (χ0n) is 14.2. The van der Waals surface area contributed by atoms with E-state index in [-0.39, 0.29) is 22.8 Å². The minimum atomic E-state index is -3.68. The molecule has 8 heteroatoms. The van der Waals surface area contributed by atoms with Gasteiger partial charge in [-0.3, -0.25) is 4.79 Å². The van der Waals surface area contributed by atoms with Gasteiger partial charge >= 0.3 is 0 Å². The molecular weight excluding hydrogens is 344 g/mol. The van der Waals surface area contributed by atoms with Crippen LogP contribution in [0.15, 0.2) is 47.4 Å². The van der Waals surface area contributed by atoms with E-state index in [9.17, 15) is 13.2 Å². The number of carbonyl (C=O) groups is 1. The van der Waals surface area contributed by atoms with E-state index < -0.39 is 15.9 Å². The largest absolute Gasteiger partial charge is 0.497 e. The van der Waals surface area contributed by atoms with Crippen molar-refractivity contribution in [3.8, 4) is 11.5 Å². The fraction of sp³-hybridized carbons (Fsp3) is 0.235. The van der Waals surface area contributed by atoms with Gasteiger partial charge in [-0.15, -0.1) is 0 Å². The molecule has 0 saturated carbocycles. The van der Waals surface area contributed by atoms with Gasteiger partial charge in [-0.05, 0) is 30.3 Å². The maximum atomic E-state index is 12.6. The highest BCUT2D eigenvalue weighted by molar-refractivity contribution is 7.89. The second-order valence-corrected chi connectivity index (χ2v) is 6.82. The lowest BCUT2D eigenvalue weighted by Crippen LogP contribution is -2.23. The summed E-state index contributed by atoms with van der Waals surface area (Å²) in [5.74, 6) is 0.378. The molecule has 0 spiro atoms. The molecule has 2 N–H and O–H groups in total. The van der Waals surface area contributed by atoms with Crippen LogP contribution in [0.1, 0.15) is 17.3 Å². The van der Waals surface area contributed by atoms with E-state index in [4.69, 9.17) is 9.47 Å². The van der Waals surface area contributed by atoms with Crippen LogP contribution in [-0.2, 0) is 10.0 Å². The Balaban J connectivity index is 2.37. The van der Waals surface area contributed by atoms with Crippen LogP contribution < -0.4 is 19.5 Å². The molecule has 0 aliphatic heterocycles. The smallest absolute Gasteiger partial charge is 0.259 e. The van der Waals surface area contributed by atoms with Gasteiger partial charge < -0.3 is 14.8 Å². The highest BCUT2D eigenvalue weighted by Gasteiger charge is 2.19. The molecule has 0 aliphatic rings. The normalized spacial score (nSPS) is 11.0. The van der Waals surface area contributed by atoms with E-state index >= 15 is 0 Å². The fourth-order valence-corrected chi connectivity index (χ4v) is 3.27. The van der Waals surface area contributed by atoms with Crippen LogP contribution in [0.5, 0.6) is 11.5 Å². The van der Waals surface area contributed by atoms with Gasteiger partial charge in [0, 0.05) is 18.3 Å². The first kappa shape index (κ1) is 18.8. The fourth-order valence-electron chi connectivity index (χ4n) is 2.20. The van der Waals surface area contributed by atoms with E-state index in [0.717, 1.165) is 0 Å². The maximum Gasteiger partial charge on any atom is 0.259 e. The SMILES string of the molecule is CCNS(=O)(=O)c1ccc(OC)c(C(=O)Nc2cccc(OC)c2)c1. The van der Waals surface area contributed by atoms with E-state index in [1.54, 1.807) is 31.2 Å². The lowest BCUT2D eigenvalue weighted by atomic mass is 10.2. The monoisotopic (exact) mass is 364 g/mol. The zero-order valence-corrected chi connectivity index (χ0v) is 15.0. The summed E-state index contributed by atoms with van der Waals surface area (Å²) in [6.45, 7) is 1.93. The Labute approximate surface area is 147 Å². The number of rotatable bonds is 7. The van der Waals surface area contributed by atoms with Crippen molar-refractivity contribution in [1.29, 1.82) is 0 Å². The van der Waals surface area contributed by atoms with Crippen molar-refractivity contribution < 1.29 is 22.7 Å². The Morgan fingerprint density at radius 2 is 1.84 bits per heavy atom. The third-order valence-corrected chi connectivity index (χ3v) is 4.93. The van der Waals surface area contributed by atoms with Crippen LogP contribution in [-0.4, -0.2) is 35.1 Å². The van der Waals surface area contributed by atoms with Gasteiger partial charge in [0.25, 0.3) is 5.91 Å². The molecule has 1 amide bonds. The summed E-state index contributed by atoms with van der Waals surface area (Å²) in [5.41, 5.74) is 0.635. The van der Waals surface area contributed by atoms with E-state index in [2.05, 4.69) is 10.0 Å². The summed E-state index contributed by atoms with van der Waals surface area (Å²) in [6, 6.07) is 11.0. The molecule has 0 radical (unpaired) electrons. The number of sulfonamides is 1. The molecule has 7 nitrogen and oxygen atoms in total. The molecule has 2 aromatic rings. The first-order valence-electron chi connectivity index (χ1n) is 7.54. The van der Waals surface area contributed by atoms with Crippen molar-refractivity contribution in [3.05, 3.63) is 48.0 Å². The molecule has 0 aromatic heterocycles. The van der Waals surface area contributed by atoms with Crippen molar-refractivity contribution in [2.75, 3.05) is 26.1 Å². The first-order valence-corrected chi connectivity index (χ1v) is 9.02. The topological polar surface area (TPSA) is 93.7 Å². The third kappa shape index (κ3) is 4.49. The molecular formula is C17H20N2O5S. The summed E-state index contributed by atoms with van der Waals surface area (Å²) >= 11 is 0. The Morgan fingerprint density at radius 3 is 2.48 bits per heavy atom. The lowest BCUT2D eigenvalue weighted by Gasteiger charge is -2.12. The number of nitrogens with one attached hydrogen (secondary N) is 2. The quantitative estimate of drug-likeness (QED) is 0.786. The molecule has 134 valence electrons. The molecule has 0 atom stereocenters. The average molecular weight is 364 g/mol. The van der Waals surface area contributed by atoms with Gasteiger partial charge in [-0.25, -0.2) is 13.1 Å². The number of benzene rings is 2. The number of hydrogen-bond acceptors (Lipinski definition) is 5. The van der Waals surface area contributed by atoms with Crippen LogP contribution in [0.3, 0.4) is 0 Å². The van der Waals surface area contributed by atoms with Crippen LogP contribution in [0.2, 0.25) is 0 Å². The van der Waals surface area contributed by atoms with Crippen LogP contribution in [0.4, 0.5) is 5.69 Å². The number of ether oxygens (including phenoxy) is 2. The van der Waals surface area contributed by atoms with E-state index in [1.165, 1.54) is 32.4 Å². The van der Waals surface area contributed by atoms with Gasteiger partial charge in [-0.1, -0.05) is 13.0 Å². The van der Waals surface area contributed by atoms with Crippen LogP contribution in [0, 0.1) is 0 Å². The zero-order chi connectivity index (χ0) is 18.4. The van der Waals surface area contributed by atoms with Gasteiger partial charge in [0.15, 0.2) is 0 Å². The van der Waals surface area contributed by atoms with Crippen molar-refractivity contribution >= 4 is 21.6 Å². The Morgan fingerprint density at radius 1 is 1.08 bits per heavy atom. The molecule has 0 aliphatic carbocycles. The average Bonchev–Trinajstić information content (AvgIpc) is 2.61. The minimum Gasteiger partial charge on any atom is -0.497 e. The standard InChI is InChI=1S/C17H20N2O5S/c1-4-18-25(21,22)14-8-9-16(24-3)15(11-14)17(20)19-12-6-5-7-13(10-12)23-2/h5-11,18H,4H2,1-3H3,(H,19,20). The molecule has 0 fully saturated rings. The van der Waals surface area contributed by atoms with Gasteiger partial charge in [0.1, 0.15) is 11.5 Å². The first-order chi connectivity index (χ1) is 11.9. The predicted molar refractivity (Wildman–Crippen MR) is 94.8 cm³/mol. The molecule has 25 heavy (non-hydrogen) atoms. The van der Waals surface area contributed by atoms with Gasteiger partial charge in [-0.2, -0.15) is 0 Å². The molecule has 2 rings (SSSR count). The van der Waals surface area contributed by atoms with Crippen molar-refractivity contribution in [2.24, 2.45) is 0 Å². The highest BCUT2D eigenvalue weighted by atomic mass is 32.2. The lowest BCUT2D eigenvalue weighted by molar-refractivity contribution is 0.102. The highest BCUT2D eigenvalue weighted by Crippen LogP contribution is 2.24. The molecule has 0 heterocycles. The van der Waals surface area contributed by atoms with Crippen LogP contribution >= 0.6 is 0 Å². The second-order valence-electron chi connectivity index (χ2n) is 5.05. The van der Waals surface area contributed by atoms with Crippen molar-refractivity contribution in [3.63, 3.8) is 0 Å². The minimum absolute atomic E-state index is 0.00839. The molecule has 0 bridgehead atoms. The summed E-state index contributed by atoms with van der Waals surface area (Å²) in [4.78, 5) is 12.6. The van der Waals surface area contributed by atoms with E-state index in [0.29, 0.717) is 11.4 Å². The van der Waals surface area contributed by atoms with Gasteiger partial charge in [0.05, 0.1) is 24.7 Å². The van der Waals surface area contributed by atoms with E-state index in [1.807, 2.05) is 0 Å². The summed E-state index contributed by atoms with van der Waals surface area (Å²) in [7, 11) is -0.741. The maximum absolute atomic E-state index is 12.6. The Bertz CT molecular complexity index is 865. The Kier molecular flexibility index (Phi) is 6.00. The number of anilines is 1. The number of carbonyl (C=O) groups excluding carboxylic acids is 1.